The van der Waals surface area contributed by atoms with Gasteiger partial charge in [-0.3, -0.25) is 0 Å². The monoisotopic (exact) mass is 271 g/mol. The quantitative estimate of drug-likeness (QED) is 0.685. The number of ether oxygens (including phenoxy) is 1. The molecule has 1 aromatic carbocycles. The molecule has 0 aromatic heterocycles. The van der Waals surface area contributed by atoms with E-state index < -0.39 is 11.6 Å². The normalized spacial score (nSPS) is 10.7. The van der Waals surface area contributed by atoms with Crippen LogP contribution in [-0.4, -0.2) is 13.7 Å². The van der Waals surface area contributed by atoms with Gasteiger partial charge in [-0.25, -0.2) is 8.78 Å². The van der Waals surface area contributed by atoms with Crippen molar-refractivity contribution in [1.29, 1.82) is 0 Å². The molecule has 0 heterocycles. The van der Waals surface area contributed by atoms with Crippen molar-refractivity contribution in [3.8, 4) is 5.75 Å². The molecular formula is C15H23F2NO. The minimum atomic E-state index is -0.626. The fourth-order valence-electron chi connectivity index (χ4n) is 1.94. The Hall–Kier alpha value is -1.16. The van der Waals surface area contributed by atoms with Crippen LogP contribution < -0.4 is 10.1 Å². The third kappa shape index (κ3) is 5.55. The minimum absolute atomic E-state index is 0.254. The minimum Gasteiger partial charge on any atom is -0.488 e. The molecule has 0 bridgehead atoms. The third-order valence-corrected chi connectivity index (χ3v) is 2.93. The molecule has 0 aliphatic carbocycles. The zero-order chi connectivity index (χ0) is 14.1. The second-order valence-electron chi connectivity index (χ2n) is 4.68. The second kappa shape index (κ2) is 8.86. The first-order chi connectivity index (χ1) is 9.19. The summed E-state index contributed by atoms with van der Waals surface area (Å²) < 4.78 is 32.6. The highest BCUT2D eigenvalue weighted by Gasteiger charge is 2.12. The molecule has 0 atom stereocenters. The molecule has 19 heavy (non-hydrogen) atoms. The van der Waals surface area contributed by atoms with Crippen molar-refractivity contribution in [2.24, 2.45) is 0 Å². The van der Waals surface area contributed by atoms with E-state index in [9.17, 15) is 8.78 Å². The maximum Gasteiger partial charge on any atom is 0.190 e. The first-order valence-corrected chi connectivity index (χ1v) is 6.94. The van der Waals surface area contributed by atoms with Gasteiger partial charge in [0.25, 0.3) is 0 Å². The van der Waals surface area contributed by atoms with E-state index in [0.717, 1.165) is 19.3 Å². The molecule has 0 aliphatic rings. The molecular weight excluding hydrogens is 248 g/mol. The van der Waals surface area contributed by atoms with Crippen LogP contribution in [0.3, 0.4) is 0 Å². The Kier molecular flexibility index (Phi) is 7.41. The largest absolute Gasteiger partial charge is 0.488 e. The van der Waals surface area contributed by atoms with E-state index in [1.54, 1.807) is 7.05 Å². The Labute approximate surface area is 114 Å². The smallest absolute Gasteiger partial charge is 0.190 e. The number of rotatable bonds is 9. The van der Waals surface area contributed by atoms with Gasteiger partial charge < -0.3 is 10.1 Å². The fraction of sp³-hybridized carbons (Fsp3) is 0.600. The molecule has 4 heteroatoms. The van der Waals surface area contributed by atoms with Gasteiger partial charge >= 0.3 is 0 Å². The van der Waals surface area contributed by atoms with Crippen LogP contribution in [-0.2, 0) is 6.54 Å². The van der Waals surface area contributed by atoms with Gasteiger partial charge in [-0.1, -0.05) is 32.6 Å². The van der Waals surface area contributed by atoms with Crippen molar-refractivity contribution >= 4 is 0 Å². The molecule has 0 amide bonds. The lowest BCUT2D eigenvalue weighted by Gasteiger charge is -2.10. The van der Waals surface area contributed by atoms with Crippen LogP contribution in [0.1, 0.15) is 44.6 Å². The van der Waals surface area contributed by atoms with Crippen molar-refractivity contribution in [3.63, 3.8) is 0 Å². The SMILES string of the molecule is CCCCCCCOc1c(F)cc(CNC)cc1F. The van der Waals surface area contributed by atoms with Gasteiger partial charge in [0.1, 0.15) is 0 Å². The number of benzene rings is 1. The summed E-state index contributed by atoms with van der Waals surface area (Å²) in [6.45, 7) is 2.95. The van der Waals surface area contributed by atoms with E-state index in [0.29, 0.717) is 18.7 Å². The Balaban J connectivity index is 2.45. The van der Waals surface area contributed by atoms with Crippen molar-refractivity contribution < 1.29 is 13.5 Å². The molecule has 0 spiro atoms. The Morgan fingerprint density at radius 3 is 2.26 bits per heavy atom. The van der Waals surface area contributed by atoms with Crippen molar-refractivity contribution in [3.05, 3.63) is 29.3 Å². The van der Waals surface area contributed by atoms with Crippen molar-refractivity contribution in [2.45, 2.75) is 45.6 Å². The van der Waals surface area contributed by atoms with Crippen molar-refractivity contribution in [2.75, 3.05) is 13.7 Å². The molecule has 0 saturated carbocycles. The molecule has 108 valence electrons. The van der Waals surface area contributed by atoms with Crippen LogP contribution in [0.15, 0.2) is 12.1 Å². The van der Waals surface area contributed by atoms with Crippen LogP contribution in [0, 0.1) is 11.6 Å². The lowest BCUT2D eigenvalue weighted by molar-refractivity contribution is 0.275. The Morgan fingerprint density at radius 2 is 1.68 bits per heavy atom. The lowest BCUT2D eigenvalue weighted by Crippen LogP contribution is -2.07. The van der Waals surface area contributed by atoms with Gasteiger partial charge in [-0.2, -0.15) is 0 Å². The summed E-state index contributed by atoms with van der Waals surface area (Å²) >= 11 is 0. The van der Waals surface area contributed by atoms with Gasteiger partial charge in [-0.05, 0) is 31.2 Å². The molecule has 0 radical (unpaired) electrons. The third-order valence-electron chi connectivity index (χ3n) is 2.93. The van der Waals surface area contributed by atoms with E-state index in [2.05, 4.69) is 12.2 Å². The van der Waals surface area contributed by atoms with E-state index in [1.165, 1.54) is 25.0 Å². The van der Waals surface area contributed by atoms with E-state index in [-0.39, 0.29) is 5.75 Å². The molecule has 0 unspecified atom stereocenters. The summed E-state index contributed by atoms with van der Waals surface area (Å²) in [6.07, 6.45) is 5.39. The maximum atomic E-state index is 13.7. The fourth-order valence-corrected chi connectivity index (χ4v) is 1.94. The first-order valence-electron chi connectivity index (χ1n) is 6.94. The van der Waals surface area contributed by atoms with E-state index in [1.807, 2.05) is 0 Å². The average Bonchev–Trinajstić information content (AvgIpc) is 2.36. The van der Waals surface area contributed by atoms with Crippen LogP contribution in [0.2, 0.25) is 0 Å². The van der Waals surface area contributed by atoms with Gasteiger partial charge in [-0.15, -0.1) is 0 Å². The van der Waals surface area contributed by atoms with E-state index in [4.69, 9.17) is 4.74 Å². The van der Waals surface area contributed by atoms with Gasteiger partial charge in [0.2, 0.25) is 0 Å². The Bertz CT molecular complexity index is 359. The van der Waals surface area contributed by atoms with Crippen molar-refractivity contribution in [1.82, 2.24) is 5.32 Å². The zero-order valence-electron chi connectivity index (χ0n) is 11.8. The van der Waals surface area contributed by atoms with E-state index >= 15 is 0 Å². The maximum absolute atomic E-state index is 13.7. The molecule has 2 nitrogen and oxygen atoms in total. The molecule has 0 saturated heterocycles. The first kappa shape index (κ1) is 15.9. The summed E-state index contributed by atoms with van der Waals surface area (Å²) in [4.78, 5) is 0. The number of halogens is 2. The van der Waals surface area contributed by atoms with Crippen LogP contribution >= 0.6 is 0 Å². The van der Waals surface area contributed by atoms with Crippen LogP contribution in [0.4, 0.5) is 8.78 Å². The predicted octanol–water partition coefficient (Wildman–Crippen LogP) is 4.03. The van der Waals surface area contributed by atoms with Gasteiger partial charge in [0, 0.05) is 6.54 Å². The summed E-state index contributed by atoms with van der Waals surface area (Å²) in [5, 5.41) is 2.86. The molecule has 1 N–H and O–H groups in total. The number of nitrogens with one attached hydrogen (secondary N) is 1. The molecule has 1 aromatic rings. The lowest BCUT2D eigenvalue weighted by atomic mass is 10.1. The van der Waals surface area contributed by atoms with Gasteiger partial charge in [0.05, 0.1) is 6.61 Å². The summed E-state index contributed by atoms with van der Waals surface area (Å²) in [6, 6.07) is 2.62. The second-order valence-corrected chi connectivity index (χ2v) is 4.68. The predicted molar refractivity (Wildman–Crippen MR) is 73.4 cm³/mol. The zero-order valence-corrected chi connectivity index (χ0v) is 11.8. The Morgan fingerprint density at radius 1 is 1.05 bits per heavy atom. The molecule has 0 fully saturated rings. The summed E-state index contributed by atoms with van der Waals surface area (Å²) in [5.41, 5.74) is 0.577. The standard InChI is InChI=1S/C15H23F2NO/c1-3-4-5-6-7-8-19-15-13(16)9-12(11-18-2)10-14(15)17/h9-10,18H,3-8,11H2,1-2H3. The molecule has 0 aliphatic heterocycles. The number of hydrogen-bond donors (Lipinski definition) is 1. The topological polar surface area (TPSA) is 21.3 Å². The summed E-state index contributed by atoms with van der Waals surface area (Å²) in [5.74, 6) is -1.51. The highest BCUT2D eigenvalue weighted by atomic mass is 19.1. The van der Waals surface area contributed by atoms with Gasteiger partial charge in [0.15, 0.2) is 17.4 Å². The highest BCUT2D eigenvalue weighted by molar-refractivity contribution is 5.31. The molecule has 1 rings (SSSR count). The van der Waals surface area contributed by atoms with Crippen LogP contribution in [0.25, 0.3) is 0 Å². The highest BCUT2D eigenvalue weighted by Crippen LogP contribution is 2.23. The average molecular weight is 271 g/mol. The summed E-state index contributed by atoms with van der Waals surface area (Å²) in [7, 11) is 1.73. The number of unbranched alkanes of at least 4 members (excludes halogenated alkanes) is 4. The van der Waals surface area contributed by atoms with Crippen LogP contribution in [0.5, 0.6) is 5.75 Å². The number of hydrogen-bond acceptors (Lipinski definition) is 2.